The van der Waals surface area contributed by atoms with Gasteiger partial charge in [0.1, 0.15) is 0 Å². The first-order chi connectivity index (χ1) is 11.1. The number of amides is 3. The van der Waals surface area contributed by atoms with Crippen LogP contribution in [0.25, 0.3) is 0 Å². The van der Waals surface area contributed by atoms with E-state index in [0.29, 0.717) is 17.7 Å². The maximum absolute atomic E-state index is 12.0. The Kier molecular flexibility index (Phi) is 6.84. The van der Waals surface area contributed by atoms with Crippen LogP contribution in [-0.2, 0) is 9.59 Å². The van der Waals surface area contributed by atoms with Crippen LogP contribution in [0, 0.1) is 5.41 Å². The lowest BCUT2D eigenvalue weighted by atomic mass is 9.96. The molecule has 1 aromatic rings. The Morgan fingerprint density at radius 3 is 2.12 bits per heavy atom. The molecule has 0 aliphatic carbocycles. The van der Waals surface area contributed by atoms with E-state index in [1.54, 1.807) is 52.0 Å². The number of hydrazine groups is 1. The van der Waals surface area contributed by atoms with E-state index in [0.717, 1.165) is 0 Å². The molecule has 3 amide bonds. The summed E-state index contributed by atoms with van der Waals surface area (Å²) in [6.07, 6.45) is 0.379. The zero-order valence-corrected chi connectivity index (χ0v) is 15.0. The third-order valence-electron chi connectivity index (χ3n) is 2.95. The van der Waals surface area contributed by atoms with Gasteiger partial charge in [0, 0.05) is 23.1 Å². The van der Waals surface area contributed by atoms with Gasteiger partial charge >= 0.3 is 0 Å². The van der Waals surface area contributed by atoms with Gasteiger partial charge in [-0.2, -0.15) is 0 Å². The number of nitrogens with one attached hydrogen (secondary N) is 4. The molecule has 1 rings (SSSR count). The van der Waals surface area contributed by atoms with Gasteiger partial charge in [-0.05, 0) is 36.5 Å². The third kappa shape index (κ3) is 6.33. The van der Waals surface area contributed by atoms with E-state index in [1.807, 2.05) is 0 Å². The zero-order valence-electron chi connectivity index (χ0n) is 14.1. The van der Waals surface area contributed by atoms with E-state index >= 15 is 0 Å². The SMILES string of the molecule is CCC(=O)Nc1ccc(C(=O)NNC(=S)NC(=O)C(C)(C)C)cc1. The van der Waals surface area contributed by atoms with Gasteiger partial charge in [-0.3, -0.25) is 25.2 Å². The Morgan fingerprint density at radius 1 is 1.04 bits per heavy atom. The number of thiocarbonyl (C=S) groups is 1. The van der Waals surface area contributed by atoms with Crippen molar-refractivity contribution in [2.75, 3.05) is 5.32 Å². The molecule has 7 nitrogen and oxygen atoms in total. The fraction of sp³-hybridized carbons (Fsp3) is 0.375. The number of hydrogen-bond donors (Lipinski definition) is 4. The molecule has 8 heteroatoms. The summed E-state index contributed by atoms with van der Waals surface area (Å²) in [5.74, 6) is -0.783. The largest absolute Gasteiger partial charge is 0.326 e. The average Bonchev–Trinajstić information content (AvgIpc) is 2.52. The highest BCUT2D eigenvalue weighted by molar-refractivity contribution is 7.80. The molecule has 0 spiro atoms. The molecule has 0 fully saturated rings. The predicted molar refractivity (Wildman–Crippen MR) is 96.2 cm³/mol. The highest BCUT2D eigenvalue weighted by Gasteiger charge is 2.22. The van der Waals surface area contributed by atoms with Crippen molar-refractivity contribution in [3.8, 4) is 0 Å². The lowest BCUT2D eigenvalue weighted by Crippen LogP contribution is -2.50. The predicted octanol–water partition coefficient (Wildman–Crippen LogP) is 1.72. The lowest BCUT2D eigenvalue weighted by molar-refractivity contribution is -0.127. The Bertz CT molecular complexity index is 636. The van der Waals surface area contributed by atoms with Gasteiger partial charge < -0.3 is 10.6 Å². The summed E-state index contributed by atoms with van der Waals surface area (Å²) in [4.78, 5) is 35.0. The number of carbonyl (C=O) groups is 3. The van der Waals surface area contributed by atoms with Crippen molar-refractivity contribution in [3.05, 3.63) is 29.8 Å². The number of hydrogen-bond acceptors (Lipinski definition) is 4. The van der Waals surface area contributed by atoms with Crippen LogP contribution in [0.5, 0.6) is 0 Å². The molecule has 0 saturated carbocycles. The molecule has 4 N–H and O–H groups in total. The van der Waals surface area contributed by atoms with Gasteiger partial charge in [0.15, 0.2) is 5.11 Å². The Hall–Kier alpha value is -2.48. The van der Waals surface area contributed by atoms with Crippen molar-refractivity contribution >= 4 is 40.7 Å². The standard InChI is InChI=1S/C16H22N4O3S/c1-5-12(21)17-11-8-6-10(7-9-11)13(22)19-20-15(24)18-14(23)16(2,3)4/h6-9H,5H2,1-4H3,(H,17,21)(H,19,22)(H2,18,20,23,24). The first-order valence-corrected chi connectivity index (χ1v) is 7.86. The summed E-state index contributed by atoms with van der Waals surface area (Å²) in [6.45, 7) is 7.01. The average molecular weight is 350 g/mol. The second-order valence-electron chi connectivity index (χ2n) is 6.09. The van der Waals surface area contributed by atoms with Crippen LogP contribution in [0.3, 0.4) is 0 Å². The number of benzene rings is 1. The quantitative estimate of drug-likeness (QED) is 0.491. The minimum atomic E-state index is -0.589. The normalized spacial score (nSPS) is 10.5. The highest BCUT2D eigenvalue weighted by atomic mass is 32.1. The van der Waals surface area contributed by atoms with E-state index < -0.39 is 11.3 Å². The van der Waals surface area contributed by atoms with Crippen LogP contribution < -0.4 is 21.5 Å². The van der Waals surface area contributed by atoms with Crippen LogP contribution >= 0.6 is 12.2 Å². The Morgan fingerprint density at radius 2 is 1.62 bits per heavy atom. The first kappa shape index (κ1) is 19.6. The van der Waals surface area contributed by atoms with Gasteiger partial charge in [0.2, 0.25) is 11.8 Å². The lowest BCUT2D eigenvalue weighted by Gasteiger charge is -2.18. The van der Waals surface area contributed by atoms with Crippen LogP contribution in [0.15, 0.2) is 24.3 Å². The van der Waals surface area contributed by atoms with Crippen LogP contribution in [0.4, 0.5) is 5.69 Å². The Balaban J connectivity index is 2.52. The molecule has 0 bridgehead atoms. The van der Waals surface area contributed by atoms with E-state index in [-0.39, 0.29) is 16.9 Å². The maximum atomic E-state index is 12.0. The summed E-state index contributed by atoms with van der Waals surface area (Å²) in [5.41, 5.74) is 5.26. The highest BCUT2D eigenvalue weighted by Crippen LogP contribution is 2.12. The van der Waals surface area contributed by atoms with Crippen molar-refractivity contribution in [2.24, 2.45) is 5.41 Å². The van der Waals surface area contributed by atoms with Crippen molar-refractivity contribution in [3.63, 3.8) is 0 Å². The van der Waals surface area contributed by atoms with Crippen LogP contribution in [-0.4, -0.2) is 22.8 Å². The molecule has 0 aromatic heterocycles. The smallest absolute Gasteiger partial charge is 0.269 e. The van der Waals surface area contributed by atoms with Crippen molar-refractivity contribution in [1.82, 2.24) is 16.2 Å². The second kappa shape index (κ2) is 8.39. The molecule has 0 unspecified atom stereocenters. The first-order valence-electron chi connectivity index (χ1n) is 7.45. The van der Waals surface area contributed by atoms with Crippen LogP contribution in [0.1, 0.15) is 44.5 Å². The van der Waals surface area contributed by atoms with Gasteiger partial charge in [-0.1, -0.05) is 27.7 Å². The molecular weight excluding hydrogens is 328 g/mol. The molecule has 0 aliphatic heterocycles. The summed E-state index contributed by atoms with van der Waals surface area (Å²) < 4.78 is 0. The van der Waals surface area contributed by atoms with E-state index in [1.165, 1.54) is 0 Å². The van der Waals surface area contributed by atoms with Crippen LogP contribution in [0.2, 0.25) is 0 Å². The summed E-state index contributed by atoms with van der Waals surface area (Å²) >= 11 is 4.94. The zero-order chi connectivity index (χ0) is 18.3. The second-order valence-corrected chi connectivity index (χ2v) is 6.50. The molecule has 0 saturated heterocycles. The number of anilines is 1. The summed E-state index contributed by atoms with van der Waals surface area (Å²) in [7, 11) is 0. The number of rotatable bonds is 3. The van der Waals surface area contributed by atoms with Gasteiger partial charge in [0.05, 0.1) is 0 Å². The minimum absolute atomic E-state index is 0.00936. The number of carbonyl (C=O) groups excluding carboxylic acids is 3. The van der Waals surface area contributed by atoms with E-state index in [2.05, 4.69) is 21.5 Å². The maximum Gasteiger partial charge on any atom is 0.269 e. The molecule has 0 atom stereocenters. The molecular formula is C16H22N4O3S. The fourth-order valence-electron chi connectivity index (χ4n) is 1.46. The molecule has 1 aromatic carbocycles. The van der Waals surface area contributed by atoms with Gasteiger partial charge in [0.25, 0.3) is 5.91 Å². The van der Waals surface area contributed by atoms with Gasteiger partial charge in [-0.25, -0.2) is 0 Å². The summed E-state index contributed by atoms with van der Waals surface area (Å²) in [5, 5.41) is 5.18. The van der Waals surface area contributed by atoms with E-state index in [9.17, 15) is 14.4 Å². The minimum Gasteiger partial charge on any atom is -0.326 e. The summed E-state index contributed by atoms with van der Waals surface area (Å²) in [6, 6.07) is 6.39. The molecule has 0 aliphatic rings. The topological polar surface area (TPSA) is 99.3 Å². The molecule has 0 heterocycles. The Labute approximate surface area is 146 Å². The fourth-order valence-corrected chi connectivity index (χ4v) is 1.61. The van der Waals surface area contributed by atoms with Crippen molar-refractivity contribution < 1.29 is 14.4 Å². The molecule has 24 heavy (non-hydrogen) atoms. The molecule has 130 valence electrons. The van der Waals surface area contributed by atoms with Gasteiger partial charge in [-0.15, -0.1) is 0 Å². The molecule has 0 radical (unpaired) electrons. The third-order valence-corrected chi connectivity index (χ3v) is 3.15. The van der Waals surface area contributed by atoms with Crippen molar-refractivity contribution in [1.29, 1.82) is 0 Å². The van der Waals surface area contributed by atoms with Crippen molar-refractivity contribution in [2.45, 2.75) is 34.1 Å². The monoisotopic (exact) mass is 350 g/mol. The van der Waals surface area contributed by atoms with E-state index in [4.69, 9.17) is 12.2 Å².